The number of hydrogen-bond donors (Lipinski definition) is 0. The number of fused-ring (bicyclic) bond motifs is 3. The Morgan fingerprint density at radius 2 is 0.609 bits per heavy atom. The van der Waals surface area contributed by atoms with Gasteiger partial charge in [-0.25, -0.2) is 9.97 Å². The van der Waals surface area contributed by atoms with E-state index in [9.17, 15) is 0 Å². The van der Waals surface area contributed by atoms with E-state index in [1.165, 1.54) is 41.5 Å². The van der Waals surface area contributed by atoms with Crippen molar-refractivity contribution in [3.63, 3.8) is 0 Å². The Labute approximate surface area is 403 Å². The highest BCUT2D eigenvalue weighted by atomic mass is 28.3. The van der Waals surface area contributed by atoms with E-state index in [1.807, 2.05) is 43.0 Å². The van der Waals surface area contributed by atoms with Crippen molar-refractivity contribution in [3.05, 3.63) is 274 Å². The van der Waals surface area contributed by atoms with Crippen molar-refractivity contribution in [1.82, 2.24) is 24.5 Å². The van der Waals surface area contributed by atoms with E-state index in [-0.39, 0.29) is 0 Å². The molecular weight excluding hydrogens is 871 g/mol. The Bertz CT molecular complexity index is 3400. The maximum Gasteiger partial charge on any atom is 0.234 e. The van der Waals surface area contributed by atoms with E-state index < -0.39 is 16.1 Å². The molecule has 69 heavy (non-hydrogen) atoms. The van der Waals surface area contributed by atoms with Crippen LogP contribution < -0.4 is 41.5 Å². The highest BCUT2D eigenvalue weighted by Gasteiger charge is 2.44. The van der Waals surface area contributed by atoms with Gasteiger partial charge in [0.2, 0.25) is 5.95 Å². The molecule has 0 amide bonds. The van der Waals surface area contributed by atoms with Crippen LogP contribution in [0.25, 0.3) is 50.3 Å². The molecule has 0 atom stereocenters. The number of rotatable bonds is 11. The highest BCUT2D eigenvalue weighted by molar-refractivity contribution is 7.20. The summed E-state index contributed by atoms with van der Waals surface area (Å²) in [7, 11) is -6.08. The van der Waals surface area contributed by atoms with Gasteiger partial charge in [0.1, 0.15) is 0 Å². The second-order valence-corrected chi connectivity index (χ2v) is 25.0. The number of nitrogens with zero attached hydrogens (tertiary/aromatic N) is 5. The predicted octanol–water partition coefficient (Wildman–Crippen LogP) is 8.45. The quantitative estimate of drug-likeness (QED) is 0.0967. The molecule has 4 aromatic heterocycles. The van der Waals surface area contributed by atoms with Crippen LogP contribution in [0, 0.1) is 0 Å². The maximum atomic E-state index is 5.01. The fraction of sp³-hybridized carbons (Fsp3) is 0. The Morgan fingerprint density at radius 1 is 0.261 bits per heavy atom. The van der Waals surface area contributed by atoms with Crippen molar-refractivity contribution in [2.24, 2.45) is 0 Å². The van der Waals surface area contributed by atoms with Crippen LogP contribution in [-0.4, -0.2) is 40.7 Å². The monoisotopic (exact) mass is 915 g/mol. The predicted molar refractivity (Wildman–Crippen MR) is 290 cm³/mol. The summed E-state index contributed by atoms with van der Waals surface area (Å²) < 4.78 is 2.30. The molecule has 5 nitrogen and oxygen atoms in total. The highest BCUT2D eigenvalue weighted by Crippen LogP contribution is 2.32. The van der Waals surface area contributed by atoms with Gasteiger partial charge in [0.15, 0.2) is 16.1 Å². The molecule has 7 heteroatoms. The maximum absolute atomic E-state index is 5.01. The normalized spacial score (nSPS) is 11.8. The minimum absolute atomic E-state index is 0.625. The molecule has 0 spiro atoms. The average molecular weight is 916 g/mol. The molecule has 0 N–H and O–H groups in total. The van der Waals surface area contributed by atoms with Crippen LogP contribution in [0.1, 0.15) is 0 Å². The van der Waals surface area contributed by atoms with E-state index in [0.717, 1.165) is 44.3 Å². The molecule has 0 aliphatic carbocycles. The van der Waals surface area contributed by atoms with E-state index in [4.69, 9.17) is 19.9 Å². The summed E-state index contributed by atoms with van der Waals surface area (Å²) in [6.45, 7) is 0. The van der Waals surface area contributed by atoms with Gasteiger partial charge in [0.05, 0.1) is 22.4 Å². The molecule has 0 saturated heterocycles. The minimum Gasteiger partial charge on any atom is -0.278 e. The fourth-order valence-electron chi connectivity index (χ4n) is 10.8. The van der Waals surface area contributed by atoms with Gasteiger partial charge in [0, 0.05) is 46.7 Å². The average Bonchev–Trinajstić information content (AvgIpc) is 3.76. The zero-order valence-corrected chi connectivity index (χ0v) is 39.7. The number of pyridine rings is 2. The standard InChI is InChI=1S/C62H45N5Si2/c1-5-22-48(23-6-1)68(49-24-7-2-8-25-49,52-30-17-20-46(42-52)58-32-13-15-38-63-58)54-34-36-56-57-37-35-55(45-61(57)67(60(56)44-54)62-65-40-19-41-66-62)69(50-26-9-3-10-27-50,51-28-11-4-12-29-51)53-31-18-21-47(43-53)59-33-14-16-39-64-59/h1-45H. The number of hydrogen-bond acceptors (Lipinski definition) is 4. The van der Waals surface area contributed by atoms with E-state index >= 15 is 0 Å². The van der Waals surface area contributed by atoms with Gasteiger partial charge in [-0.05, 0) is 84.0 Å². The molecule has 12 aromatic rings. The van der Waals surface area contributed by atoms with Crippen molar-refractivity contribution in [1.29, 1.82) is 0 Å². The van der Waals surface area contributed by atoms with Gasteiger partial charge >= 0.3 is 0 Å². The van der Waals surface area contributed by atoms with Gasteiger partial charge in [-0.2, -0.15) is 0 Å². The Hall–Kier alpha value is -8.63. The fourth-order valence-corrected chi connectivity index (χ4v) is 20.3. The van der Waals surface area contributed by atoms with Crippen LogP contribution >= 0.6 is 0 Å². The second-order valence-electron chi connectivity index (χ2n) is 17.4. The lowest BCUT2D eigenvalue weighted by Gasteiger charge is -2.35. The number of aromatic nitrogens is 5. The first-order chi connectivity index (χ1) is 34.2. The third-order valence-corrected chi connectivity index (χ3v) is 23.2. The third-order valence-electron chi connectivity index (χ3n) is 13.7. The van der Waals surface area contributed by atoms with E-state index in [2.05, 4.69) is 235 Å². The lowest BCUT2D eigenvalue weighted by Crippen LogP contribution is -2.74. The first kappa shape index (κ1) is 41.8. The van der Waals surface area contributed by atoms with E-state index in [1.54, 1.807) is 0 Å². The third kappa shape index (κ3) is 7.15. The molecule has 0 radical (unpaired) electrons. The topological polar surface area (TPSA) is 56.5 Å². The Balaban J connectivity index is 1.17. The van der Waals surface area contributed by atoms with Gasteiger partial charge < -0.3 is 0 Å². The lowest BCUT2D eigenvalue weighted by atomic mass is 10.1. The molecule has 0 unspecified atom stereocenters. The van der Waals surface area contributed by atoms with Gasteiger partial charge in [-0.3, -0.25) is 14.5 Å². The zero-order chi connectivity index (χ0) is 46.0. The summed E-state index contributed by atoms with van der Waals surface area (Å²) in [6, 6.07) is 91.1. The molecule has 12 rings (SSSR count). The molecular formula is C62H45N5Si2. The molecule has 4 heterocycles. The van der Waals surface area contributed by atoms with Gasteiger partial charge in [-0.15, -0.1) is 0 Å². The van der Waals surface area contributed by atoms with Crippen molar-refractivity contribution >= 4 is 79.4 Å². The number of benzene rings is 8. The van der Waals surface area contributed by atoms with Crippen molar-refractivity contribution in [2.75, 3.05) is 0 Å². The molecule has 0 bridgehead atoms. The van der Waals surface area contributed by atoms with Crippen LogP contribution in [-0.2, 0) is 0 Å². The largest absolute Gasteiger partial charge is 0.278 e. The van der Waals surface area contributed by atoms with Crippen LogP contribution in [0.3, 0.4) is 0 Å². The molecule has 0 fully saturated rings. The minimum atomic E-state index is -3.04. The summed E-state index contributed by atoms with van der Waals surface area (Å²) in [5.41, 5.74) is 6.19. The van der Waals surface area contributed by atoms with Crippen LogP contribution in [0.4, 0.5) is 0 Å². The smallest absolute Gasteiger partial charge is 0.234 e. The van der Waals surface area contributed by atoms with E-state index in [0.29, 0.717) is 5.95 Å². The van der Waals surface area contributed by atoms with Crippen molar-refractivity contribution in [3.8, 4) is 28.5 Å². The first-order valence-electron chi connectivity index (χ1n) is 23.4. The van der Waals surface area contributed by atoms with Gasteiger partial charge in [0.25, 0.3) is 0 Å². The summed E-state index contributed by atoms with van der Waals surface area (Å²) in [5.74, 6) is 0.625. The van der Waals surface area contributed by atoms with Crippen molar-refractivity contribution < 1.29 is 0 Å². The Morgan fingerprint density at radius 3 is 0.986 bits per heavy atom. The lowest BCUT2D eigenvalue weighted by molar-refractivity contribution is 0.989. The summed E-state index contributed by atoms with van der Waals surface area (Å²) >= 11 is 0. The molecule has 0 saturated carbocycles. The molecule has 326 valence electrons. The second kappa shape index (κ2) is 17.9. The molecule has 8 aromatic carbocycles. The molecule has 0 aliphatic heterocycles. The first-order valence-corrected chi connectivity index (χ1v) is 27.4. The van der Waals surface area contributed by atoms with Crippen LogP contribution in [0.5, 0.6) is 0 Å². The van der Waals surface area contributed by atoms with Crippen LogP contribution in [0.15, 0.2) is 274 Å². The molecule has 0 aliphatic rings. The zero-order valence-electron chi connectivity index (χ0n) is 37.7. The summed E-state index contributed by atoms with van der Waals surface area (Å²) in [5, 5.41) is 12.5. The Kier molecular flexibility index (Phi) is 10.8. The van der Waals surface area contributed by atoms with Crippen molar-refractivity contribution in [2.45, 2.75) is 0 Å². The SMILES string of the molecule is c1ccc([Si](c2ccccc2)(c2cccc(-c3ccccn3)c2)c2ccc3c4ccc([Si](c5ccccc5)(c5ccccc5)c5cccc(-c6ccccn6)c5)cc4n(-c4ncccn4)c3c2)cc1. The summed E-state index contributed by atoms with van der Waals surface area (Å²) in [6.07, 6.45) is 7.44. The van der Waals surface area contributed by atoms with Crippen LogP contribution in [0.2, 0.25) is 0 Å². The summed E-state index contributed by atoms with van der Waals surface area (Å²) in [4.78, 5) is 19.6. The van der Waals surface area contributed by atoms with Gasteiger partial charge in [-0.1, -0.05) is 206 Å².